The molecule has 3 nitrogen and oxygen atoms in total. The fourth-order valence-corrected chi connectivity index (χ4v) is 1.86. The Kier molecular flexibility index (Phi) is 4.10. The van der Waals surface area contributed by atoms with Crippen molar-refractivity contribution in [2.45, 2.75) is 19.9 Å². The predicted octanol–water partition coefficient (Wildman–Crippen LogP) is 1.52. The molecule has 1 aromatic rings. The molecule has 0 radical (unpaired) electrons. The van der Waals surface area contributed by atoms with Crippen LogP contribution in [0.25, 0.3) is 0 Å². The number of carbonyl (C=O) groups is 1. The zero-order valence-corrected chi connectivity index (χ0v) is 9.30. The SMILES string of the molecule is CC(C)CNC(C(N)=O)c1ccsc1. The Labute approximate surface area is 88.3 Å². The molecule has 3 N–H and O–H groups in total. The summed E-state index contributed by atoms with van der Waals surface area (Å²) >= 11 is 1.57. The van der Waals surface area contributed by atoms with E-state index in [9.17, 15) is 4.79 Å². The van der Waals surface area contributed by atoms with Crippen LogP contribution in [0.5, 0.6) is 0 Å². The molecule has 0 aliphatic rings. The number of nitrogens with two attached hydrogens (primary N) is 1. The van der Waals surface area contributed by atoms with Crippen molar-refractivity contribution < 1.29 is 4.79 Å². The minimum Gasteiger partial charge on any atom is -0.368 e. The molecule has 1 atom stereocenters. The zero-order valence-electron chi connectivity index (χ0n) is 8.49. The lowest BCUT2D eigenvalue weighted by atomic mass is 10.1. The minimum atomic E-state index is -0.344. The first-order valence-electron chi connectivity index (χ1n) is 4.66. The fourth-order valence-electron chi connectivity index (χ4n) is 1.18. The Morgan fingerprint density at radius 3 is 2.79 bits per heavy atom. The fraction of sp³-hybridized carbons (Fsp3) is 0.500. The molecule has 0 spiro atoms. The monoisotopic (exact) mass is 212 g/mol. The summed E-state index contributed by atoms with van der Waals surface area (Å²) in [6.07, 6.45) is 0. The van der Waals surface area contributed by atoms with Crippen LogP contribution in [0.4, 0.5) is 0 Å². The Morgan fingerprint density at radius 2 is 2.36 bits per heavy atom. The van der Waals surface area contributed by atoms with Crippen LogP contribution in [-0.4, -0.2) is 12.5 Å². The van der Waals surface area contributed by atoms with Crippen molar-refractivity contribution in [3.05, 3.63) is 22.4 Å². The number of nitrogens with one attached hydrogen (secondary N) is 1. The largest absolute Gasteiger partial charge is 0.368 e. The summed E-state index contributed by atoms with van der Waals surface area (Å²) in [6, 6.07) is 1.58. The van der Waals surface area contributed by atoms with Crippen LogP contribution < -0.4 is 11.1 Å². The molecule has 1 aromatic heterocycles. The third-order valence-electron chi connectivity index (χ3n) is 1.89. The highest BCUT2D eigenvalue weighted by Gasteiger charge is 2.17. The Bertz CT molecular complexity index is 282. The average Bonchev–Trinajstić information content (AvgIpc) is 2.56. The topological polar surface area (TPSA) is 55.1 Å². The molecule has 0 saturated heterocycles. The standard InChI is InChI=1S/C10H16N2OS/c1-7(2)5-12-9(10(11)13)8-3-4-14-6-8/h3-4,6-7,9,12H,5H2,1-2H3,(H2,11,13). The van der Waals surface area contributed by atoms with E-state index in [1.165, 1.54) is 0 Å². The number of thiophene rings is 1. The molecule has 1 heterocycles. The summed E-state index contributed by atoms with van der Waals surface area (Å²) in [6.45, 7) is 4.99. The summed E-state index contributed by atoms with van der Waals surface area (Å²) in [5.41, 5.74) is 6.28. The van der Waals surface area contributed by atoms with Crippen LogP contribution in [0, 0.1) is 5.92 Å². The molecule has 1 unspecified atom stereocenters. The molecule has 1 rings (SSSR count). The van der Waals surface area contributed by atoms with Gasteiger partial charge in [-0.15, -0.1) is 0 Å². The molecule has 1 amide bonds. The van der Waals surface area contributed by atoms with Crippen molar-refractivity contribution >= 4 is 17.2 Å². The second-order valence-electron chi connectivity index (χ2n) is 3.69. The first kappa shape index (κ1) is 11.2. The van der Waals surface area contributed by atoms with Gasteiger partial charge >= 0.3 is 0 Å². The van der Waals surface area contributed by atoms with Crippen molar-refractivity contribution in [3.8, 4) is 0 Å². The maximum Gasteiger partial charge on any atom is 0.239 e. The van der Waals surface area contributed by atoms with E-state index in [-0.39, 0.29) is 11.9 Å². The summed E-state index contributed by atoms with van der Waals surface area (Å²) in [5, 5.41) is 7.05. The van der Waals surface area contributed by atoms with E-state index >= 15 is 0 Å². The Hall–Kier alpha value is -0.870. The normalized spacial score (nSPS) is 13.1. The van der Waals surface area contributed by atoms with Crippen LogP contribution in [0.1, 0.15) is 25.5 Å². The third kappa shape index (κ3) is 3.12. The van der Waals surface area contributed by atoms with E-state index in [1.807, 2.05) is 16.8 Å². The summed E-state index contributed by atoms with van der Waals surface area (Å²) < 4.78 is 0. The molecule has 0 aliphatic heterocycles. The van der Waals surface area contributed by atoms with Gasteiger partial charge in [-0.25, -0.2) is 0 Å². The summed E-state index contributed by atoms with van der Waals surface area (Å²) in [7, 11) is 0. The summed E-state index contributed by atoms with van der Waals surface area (Å²) in [5.74, 6) is 0.194. The van der Waals surface area contributed by atoms with Crippen molar-refractivity contribution in [1.29, 1.82) is 0 Å². The van der Waals surface area contributed by atoms with Gasteiger partial charge in [0.2, 0.25) is 5.91 Å². The van der Waals surface area contributed by atoms with Crippen LogP contribution in [0.2, 0.25) is 0 Å². The van der Waals surface area contributed by atoms with Gasteiger partial charge in [-0.2, -0.15) is 11.3 Å². The van der Waals surface area contributed by atoms with Gasteiger partial charge in [-0.05, 0) is 34.9 Å². The predicted molar refractivity (Wildman–Crippen MR) is 59.1 cm³/mol. The number of primary amides is 1. The third-order valence-corrected chi connectivity index (χ3v) is 2.59. The number of hydrogen-bond donors (Lipinski definition) is 2. The van der Waals surface area contributed by atoms with Gasteiger partial charge in [0.25, 0.3) is 0 Å². The Morgan fingerprint density at radius 1 is 1.64 bits per heavy atom. The van der Waals surface area contributed by atoms with E-state index in [1.54, 1.807) is 11.3 Å². The molecule has 0 saturated carbocycles. The molecule has 0 aromatic carbocycles. The second kappa shape index (κ2) is 5.12. The average molecular weight is 212 g/mol. The molecule has 0 bridgehead atoms. The van der Waals surface area contributed by atoms with E-state index in [4.69, 9.17) is 5.73 Å². The van der Waals surface area contributed by atoms with E-state index in [2.05, 4.69) is 19.2 Å². The van der Waals surface area contributed by atoms with Gasteiger partial charge in [0, 0.05) is 0 Å². The zero-order chi connectivity index (χ0) is 10.6. The van der Waals surface area contributed by atoms with Gasteiger partial charge in [-0.3, -0.25) is 4.79 Å². The lowest BCUT2D eigenvalue weighted by molar-refractivity contribution is -0.120. The van der Waals surface area contributed by atoms with E-state index in [0.717, 1.165) is 12.1 Å². The van der Waals surface area contributed by atoms with Crippen LogP contribution in [-0.2, 0) is 4.79 Å². The highest BCUT2D eigenvalue weighted by molar-refractivity contribution is 7.08. The van der Waals surface area contributed by atoms with E-state index in [0.29, 0.717) is 5.92 Å². The Balaban J connectivity index is 2.61. The maximum absolute atomic E-state index is 11.2. The lowest BCUT2D eigenvalue weighted by Gasteiger charge is -2.15. The van der Waals surface area contributed by atoms with Gasteiger partial charge in [0.05, 0.1) is 0 Å². The van der Waals surface area contributed by atoms with Crippen molar-refractivity contribution in [3.63, 3.8) is 0 Å². The summed E-state index contributed by atoms with van der Waals surface area (Å²) in [4.78, 5) is 11.2. The molecule has 14 heavy (non-hydrogen) atoms. The molecular weight excluding hydrogens is 196 g/mol. The number of rotatable bonds is 5. The lowest BCUT2D eigenvalue weighted by Crippen LogP contribution is -2.35. The van der Waals surface area contributed by atoms with Crippen molar-refractivity contribution in [2.24, 2.45) is 11.7 Å². The van der Waals surface area contributed by atoms with Crippen LogP contribution in [0.3, 0.4) is 0 Å². The smallest absolute Gasteiger partial charge is 0.239 e. The van der Waals surface area contributed by atoms with Crippen LogP contribution in [0.15, 0.2) is 16.8 Å². The van der Waals surface area contributed by atoms with Crippen molar-refractivity contribution in [1.82, 2.24) is 5.32 Å². The molecule has 0 fully saturated rings. The number of amides is 1. The quantitative estimate of drug-likeness (QED) is 0.777. The maximum atomic E-state index is 11.2. The molecular formula is C10H16N2OS. The second-order valence-corrected chi connectivity index (χ2v) is 4.47. The molecule has 78 valence electrons. The van der Waals surface area contributed by atoms with Gasteiger partial charge in [0.15, 0.2) is 0 Å². The number of carbonyl (C=O) groups excluding carboxylic acids is 1. The molecule has 4 heteroatoms. The van der Waals surface area contributed by atoms with Crippen molar-refractivity contribution in [2.75, 3.05) is 6.54 Å². The minimum absolute atomic E-state index is 0.316. The highest BCUT2D eigenvalue weighted by atomic mass is 32.1. The van der Waals surface area contributed by atoms with Crippen LogP contribution >= 0.6 is 11.3 Å². The van der Waals surface area contributed by atoms with Gasteiger partial charge in [0.1, 0.15) is 6.04 Å². The van der Waals surface area contributed by atoms with Gasteiger partial charge < -0.3 is 11.1 Å². The highest BCUT2D eigenvalue weighted by Crippen LogP contribution is 2.16. The molecule has 0 aliphatic carbocycles. The first-order chi connectivity index (χ1) is 6.61. The number of hydrogen-bond acceptors (Lipinski definition) is 3. The van der Waals surface area contributed by atoms with E-state index < -0.39 is 0 Å². The van der Waals surface area contributed by atoms with Gasteiger partial charge in [-0.1, -0.05) is 13.8 Å². The first-order valence-corrected chi connectivity index (χ1v) is 5.60.